The van der Waals surface area contributed by atoms with E-state index in [0.29, 0.717) is 13.0 Å². The SMILES string of the molecule is C=CCNC(=O)Cc1ccccc1N=c1scc(C)n1C. The van der Waals surface area contributed by atoms with Crippen molar-refractivity contribution in [2.75, 3.05) is 6.54 Å². The van der Waals surface area contributed by atoms with Crippen LogP contribution in [0.5, 0.6) is 0 Å². The van der Waals surface area contributed by atoms with Crippen LogP contribution < -0.4 is 10.1 Å². The van der Waals surface area contributed by atoms with Crippen LogP contribution in [-0.4, -0.2) is 17.0 Å². The maximum absolute atomic E-state index is 11.8. The van der Waals surface area contributed by atoms with E-state index in [1.54, 1.807) is 17.4 Å². The van der Waals surface area contributed by atoms with E-state index in [-0.39, 0.29) is 5.91 Å². The Morgan fingerprint density at radius 2 is 2.24 bits per heavy atom. The highest BCUT2D eigenvalue weighted by molar-refractivity contribution is 7.07. The first kappa shape index (κ1) is 15.3. The number of rotatable bonds is 5. The number of hydrogen-bond acceptors (Lipinski definition) is 3. The number of nitrogens with zero attached hydrogens (tertiary/aromatic N) is 2. The third-order valence-corrected chi connectivity index (χ3v) is 4.19. The monoisotopic (exact) mass is 301 g/mol. The van der Waals surface area contributed by atoms with E-state index in [2.05, 4.69) is 22.3 Å². The van der Waals surface area contributed by atoms with Crippen LogP contribution in [0.2, 0.25) is 0 Å². The van der Waals surface area contributed by atoms with Gasteiger partial charge in [-0.25, -0.2) is 4.99 Å². The first-order chi connectivity index (χ1) is 10.1. The molecule has 0 unspecified atom stereocenters. The molecular weight excluding hydrogens is 282 g/mol. The fourth-order valence-electron chi connectivity index (χ4n) is 1.84. The highest BCUT2D eigenvalue weighted by atomic mass is 32.1. The number of aromatic nitrogens is 1. The fraction of sp³-hybridized carbons (Fsp3) is 0.250. The van der Waals surface area contributed by atoms with Crippen molar-refractivity contribution < 1.29 is 4.79 Å². The van der Waals surface area contributed by atoms with Crippen LogP contribution in [0.3, 0.4) is 0 Å². The molecule has 1 amide bonds. The highest BCUT2D eigenvalue weighted by Crippen LogP contribution is 2.18. The lowest BCUT2D eigenvalue weighted by atomic mass is 10.1. The van der Waals surface area contributed by atoms with Gasteiger partial charge in [0.1, 0.15) is 0 Å². The summed E-state index contributed by atoms with van der Waals surface area (Å²) in [5.41, 5.74) is 2.92. The molecule has 0 bridgehead atoms. The largest absolute Gasteiger partial charge is 0.352 e. The lowest BCUT2D eigenvalue weighted by molar-refractivity contribution is -0.120. The maximum Gasteiger partial charge on any atom is 0.224 e. The topological polar surface area (TPSA) is 46.4 Å². The van der Waals surface area contributed by atoms with Crippen LogP contribution in [0.4, 0.5) is 5.69 Å². The number of amides is 1. The van der Waals surface area contributed by atoms with Crippen molar-refractivity contribution in [1.29, 1.82) is 0 Å². The molecule has 0 atom stereocenters. The number of carbonyl (C=O) groups is 1. The van der Waals surface area contributed by atoms with Crippen LogP contribution >= 0.6 is 11.3 Å². The molecule has 0 saturated heterocycles. The van der Waals surface area contributed by atoms with Gasteiger partial charge in [0.25, 0.3) is 0 Å². The second-order valence-corrected chi connectivity index (χ2v) is 5.57. The van der Waals surface area contributed by atoms with Crippen LogP contribution in [0.15, 0.2) is 47.3 Å². The first-order valence-corrected chi connectivity index (χ1v) is 7.61. The number of aryl methyl sites for hydroxylation is 1. The fourth-order valence-corrected chi connectivity index (χ4v) is 2.73. The van der Waals surface area contributed by atoms with Gasteiger partial charge in [0, 0.05) is 24.7 Å². The van der Waals surface area contributed by atoms with E-state index in [4.69, 9.17) is 0 Å². The second-order valence-electron chi connectivity index (χ2n) is 4.73. The van der Waals surface area contributed by atoms with Crippen molar-refractivity contribution in [3.8, 4) is 0 Å². The molecule has 1 aromatic carbocycles. The molecule has 1 N–H and O–H groups in total. The lowest BCUT2D eigenvalue weighted by Gasteiger charge is -2.05. The molecule has 0 aliphatic rings. The molecule has 0 spiro atoms. The summed E-state index contributed by atoms with van der Waals surface area (Å²) in [5.74, 6) is -0.0238. The number of thiazole rings is 1. The molecule has 0 fully saturated rings. The average Bonchev–Trinajstić information content (AvgIpc) is 2.79. The standard InChI is InChI=1S/C16H19N3OS/c1-4-9-17-15(20)10-13-7-5-6-8-14(13)18-16-19(3)12(2)11-21-16/h4-8,11H,1,9-10H2,2-3H3,(H,17,20). The molecule has 1 heterocycles. The molecule has 5 heteroatoms. The Kier molecular flexibility index (Phi) is 5.11. The van der Waals surface area contributed by atoms with E-state index in [1.807, 2.05) is 42.8 Å². The Morgan fingerprint density at radius 3 is 2.90 bits per heavy atom. The van der Waals surface area contributed by atoms with Crippen molar-refractivity contribution in [2.45, 2.75) is 13.3 Å². The van der Waals surface area contributed by atoms with Crippen LogP contribution in [0.1, 0.15) is 11.3 Å². The van der Waals surface area contributed by atoms with E-state index in [0.717, 1.165) is 16.1 Å². The Balaban J connectivity index is 2.29. The Morgan fingerprint density at radius 1 is 1.48 bits per heavy atom. The lowest BCUT2D eigenvalue weighted by Crippen LogP contribution is -2.25. The van der Waals surface area contributed by atoms with Gasteiger partial charge in [-0.05, 0) is 18.6 Å². The Hall–Kier alpha value is -2.14. The van der Waals surface area contributed by atoms with Gasteiger partial charge < -0.3 is 9.88 Å². The van der Waals surface area contributed by atoms with Crippen LogP contribution in [0, 0.1) is 6.92 Å². The number of hydrogen-bond donors (Lipinski definition) is 1. The van der Waals surface area contributed by atoms with Crippen molar-refractivity contribution in [3.05, 3.63) is 58.4 Å². The van der Waals surface area contributed by atoms with E-state index in [1.165, 1.54) is 5.69 Å². The summed E-state index contributed by atoms with van der Waals surface area (Å²) in [6.07, 6.45) is 1.99. The second kappa shape index (κ2) is 7.04. The predicted molar refractivity (Wildman–Crippen MR) is 86.6 cm³/mol. The number of nitrogens with one attached hydrogen (secondary N) is 1. The van der Waals surface area contributed by atoms with E-state index in [9.17, 15) is 4.79 Å². The Labute approximate surface area is 128 Å². The molecule has 110 valence electrons. The summed E-state index contributed by atoms with van der Waals surface area (Å²) in [6, 6.07) is 7.73. The summed E-state index contributed by atoms with van der Waals surface area (Å²) in [5, 5.41) is 4.85. The molecule has 0 saturated carbocycles. The zero-order valence-corrected chi connectivity index (χ0v) is 13.1. The Bertz CT molecular complexity index is 712. The zero-order chi connectivity index (χ0) is 15.2. The van der Waals surface area contributed by atoms with Crippen molar-refractivity contribution in [2.24, 2.45) is 12.0 Å². The number of para-hydroxylation sites is 1. The van der Waals surface area contributed by atoms with Crippen LogP contribution in [0.25, 0.3) is 0 Å². The third-order valence-electron chi connectivity index (χ3n) is 3.15. The van der Waals surface area contributed by atoms with Crippen molar-refractivity contribution in [1.82, 2.24) is 9.88 Å². The molecule has 0 aliphatic carbocycles. The van der Waals surface area contributed by atoms with Crippen LogP contribution in [-0.2, 0) is 18.3 Å². The third kappa shape index (κ3) is 3.92. The predicted octanol–water partition coefficient (Wildman–Crippen LogP) is 2.47. The van der Waals surface area contributed by atoms with Gasteiger partial charge in [0.05, 0.1) is 12.1 Å². The molecule has 0 radical (unpaired) electrons. The first-order valence-electron chi connectivity index (χ1n) is 6.73. The smallest absolute Gasteiger partial charge is 0.224 e. The molecule has 4 nitrogen and oxygen atoms in total. The summed E-state index contributed by atoms with van der Waals surface area (Å²) < 4.78 is 2.04. The quantitative estimate of drug-likeness (QED) is 0.847. The minimum Gasteiger partial charge on any atom is -0.352 e. The van der Waals surface area contributed by atoms with Gasteiger partial charge in [-0.2, -0.15) is 0 Å². The highest BCUT2D eigenvalue weighted by Gasteiger charge is 2.07. The maximum atomic E-state index is 11.8. The normalized spacial score (nSPS) is 11.4. The van der Waals surface area contributed by atoms with Gasteiger partial charge in [-0.15, -0.1) is 17.9 Å². The summed E-state index contributed by atoms with van der Waals surface area (Å²) in [4.78, 5) is 17.4. The van der Waals surface area contributed by atoms with Gasteiger partial charge in [0.2, 0.25) is 5.91 Å². The molecule has 2 aromatic rings. The van der Waals surface area contributed by atoms with Gasteiger partial charge >= 0.3 is 0 Å². The van der Waals surface area contributed by atoms with Crippen molar-refractivity contribution >= 4 is 22.9 Å². The van der Waals surface area contributed by atoms with Gasteiger partial charge in [-0.3, -0.25) is 4.79 Å². The van der Waals surface area contributed by atoms with E-state index >= 15 is 0 Å². The number of carbonyl (C=O) groups excluding carboxylic acids is 1. The van der Waals surface area contributed by atoms with Gasteiger partial charge in [0.15, 0.2) is 4.80 Å². The molecule has 1 aromatic heterocycles. The molecule has 21 heavy (non-hydrogen) atoms. The molecule has 2 rings (SSSR count). The molecule has 0 aliphatic heterocycles. The van der Waals surface area contributed by atoms with E-state index < -0.39 is 0 Å². The summed E-state index contributed by atoms with van der Waals surface area (Å²) >= 11 is 1.59. The average molecular weight is 301 g/mol. The minimum atomic E-state index is -0.0238. The van der Waals surface area contributed by atoms with Crippen molar-refractivity contribution in [3.63, 3.8) is 0 Å². The zero-order valence-electron chi connectivity index (χ0n) is 12.3. The van der Waals surface area contributed by atoms with Gasteiger partial charge in [-0.1, -0.05) is 24.3 Å². The summed E-state index contributed by atoms with van der Waals surface area (Å²) in [6.45, 7) is 6.12. The minimum absolute atomic E-state index is 0.0238. The number of benzene rings is 1. The summed E-state index contributed by atoms with van der Waals surface area (Å²) in [7, 11) is 1.99. The molecular formula is C16H19N3OS.